The van der Waals surface area contributed by atoms with Gasteiger partial charge < -0.3 is 0 Å². The third-order valence-electron chi connectivity index (χ3n) is 1.83. The molecule has 0 aliphatic heterocycles. The Bertz CT molecular complexity index is 263. The summed E-state index contributed by atoms with van der Waals surface area (Å²) in [6.07, 6.45) is 2.35. The minimum atomic E-state index is 0.333. The summed E-state index contributed by atoms with van der Waals surface area (Å²) in [6.45, 7) is 4.05. The maximum atomic E-state index is 11.1. The number of aryl methyl sites for hydroxylation is 1. The number of rotatable bonds is 4. The molecule has 1 heterocycles. The molecule has 66 valence electrons. The Balaban J connectivity index is 2.58. The normalized spacial score (nSPS) is 10.2. The highest BCUT2D eigenvalue weighted by Crippen LogP contribution is 2.17. The van der Waals surface area contributed by atoms with Gasteiger partial charge in [-0.1, -0.05) is 13.8 Å². The zero-order chi connectivity index (χ0) is 8.97. The van der Waals surface area contributed by atoms with Crippen LogP contribution in [-0.2, 0) is 17.6 Å². The van der Waals surface area contributed by atoms with Crippen LogP contribution < -0.4 is 0 Å². The van der Waals surface area contributed by atoms with E-state index in [9.17, 15) is 4.79 Å². The summed E-state index contributed by atoms with van der Waals surface area (Å²) in [4.78, 5) is 13.7. The predicted octanol–water partition coefficient (Wildman–Crippen LogP) is 2.83. The fourth-order valence-electron chi connectivity index (χ4n) is 1.03. The third-order valence-corrected chi connectivity index (χ3v) is 3.06. The van der Waals surface area contributed by atoms with Crippen molar-refractivity contribution in [2.24, 2.45) is 0 Å². The van der Waals surface area contributed by atoms with Gasteiger partial charge in [-0.2, -0.15) is 0 Å². The quantitative estimate of drug-likeness (QED) is 0.699. The van der Waals surface area contributed by atoms with Crippen molar-refractivity contribution in [2.45, 2.75) is 33.1 Å². The number of ketones is 1. The first kappa shape index (κ1) is 9.46. The van der Waals surface area contributed by atoms with Crippen LogP contribution in [0.3, 0.4) is 0 Å². The topological polar surface area (TPSA) is 17.1 Å². The van der Waals surface area contributed by atoms with Crippen molar-refractivity contribution in [1.29, 1.82) is 0 Å². The molecule has 0 spiro atoms. The first-order valence-corrected chi connectivity index (χ1v) is 5.17. The van der Waals surface area contributed by atoms with Crippen LogP contribution in [0.4, 0.5) is 0 Å². The van der Waals surface area contributed by atoms with E-state index < -0.39 is 0 Å². The summed E-state index contributed by atoms with van der Waals surface area (Å²) < 4.78 is 0. The van der Waals surface area contributed by atoms with Gasteiger partial charge in [-0.3, -0.25) is 4.79 Å². The molecule has 0 amide bonds. The molecule has 0 N–H and O–H groups in total. The van der Waals surface area contributed by atoms with E-state index in [4.69, 9.17) is 0 Å². The number of thiophene rings is 1. The first-order valence-electron chi connectivity index (χ1n) is 4.35. The van der Waals surface area contributed by atoms with Gasteiger partial charge in [-0.25, -0.2) is 0 Å². The molecule has 0 radical (unpaired) electrons. The van der Waals surface area contributed by atoms with Crippen molar-refractivity contribution in [3.05, 3.63) is 21.9 Å². The fraction of sp³-hybridized carbons (Fsp3) is 0.500. The molecule has 0 saturated carbocycles. The zero-order valence-electron chi connectivity index (χ0n) is 7.59. The molecule has 1 aromatic rings. The Morgan fingerprint density at radius 2 is 2.00 bits per heavy atom. The second kappa shape index (κ2) is 4.41. The van der Waals surface area contributed by atoms with Gasteiger partial charge >= 0.3 is 0 Å². The van der Waals surface area contributed by atoms with E-state index >= 15 is 0 Å². The summed E-state index contributed by atoms with van der Waals surface area (Å²) >= 11 is 1.76. The van der Waals surface area contributed by atoms with Crippen LogP contribution in [0.1, 0.15) is 30.0 Å². The molecule has 2 heteroatoms. The van der Waals surface area contributed by atoms with Gasteiger partial charge in [-0.05, 0) is 18.6 Å². The standard InChI is InChI=1S/C10H14OS/c1-3-8(11)7-10-6-5-9(4-2)12-10/h5-6H,3-4,7H2,1-2H3. The molecule has 12 heavy (non-hydrogen) atoms. The highest BCUT2D eigenvalue weighted by Gasteiger charge is 2.03. The Morgan fingerprint density at radius 1 is 1.33 bits per heavy atom. The van der Waals surface area contributed by atoms with Crippen LogP contribution in [-0.4, -0.2) is 5.78 Å². The van der Waals surface area contributed by atoms with Gasteiger partial charge in [0.05, 0.1) is 0 Å². The summed E-state index contributed by atoms with van der Waals surface area (Å²) in [5.74, 6) is 0.333. The summed E-state index contributed by atoms with van der Waals surface area (Å²) in [5.41, 5.74) is 0. The molecule has 1 nitrogen and oxygen atoms in total. The number of Topliss-reactive ketones (excluding diaryl/α,β-unsaturated/α-hetero) is 1. The van der Waals surface area contributed by atoms with E-state index in [1.807, 2.05) is 6.92 Å². The largest absolute Gasteiger partial charge is 0.299 e. The van der Waals surface area contributed by atoms with E-state index in [-0.39, 0.29) is 0 Å². The highest BCUT2D eigenvalue weighted by atomic mass is 32.1. The number of hydrogen-bond acceptors (Lipinski definition) is 2. The maximum Gasteiger partial charge on any atom is 0.137 e. The number of hydrogen-bond donors (Lipinski definition) is 0. The lowest BCUT2D eigenvalue weighted by Gasteiger charge is -1.92. The fourth-order valence-corrected chi connectivity index (χ4v) is 2.01. The number of carbonyl (C=O) groups excluding carboxylic acids is 1. The minimum absolute atomic E-state index is 0.333. The first-order chi connectivity index (χ1) is 5.76. The lowest BCUT2D eigenvalue weighted by atomic mass is 10.2. The molecular weight excluding hydrogens is 168 g/mol. The molecular formula is C10H14OS. The van der Waals surface area contributed by atoms with Crippen LogP contribution in [0.25, 0.3) is 0 Å². The van der Waals surface area contributed by atoms with Crippen molar-refractivity contribution in [2.75, 3.05) is 0 Å². The molecule has 0 aliphatic rings. The molecule has 0 aliphatic carbocycles. The minimum Gasteiger partial charge on any atom is -0.299 e. The summed E-state index contributed by atoms with van der Waals surface area (Å²) in [7, 11) is 0. The van der Waals surface area contributed by atoms with Crippen molar-refractivity contribution in [3.63, 3.8) is 0 Å². The van der Waals surface area contributed by atoms with Gasteiger partial charge in [0.15, 0.2) is 0 Å². The Labute approximate surface area is 77.4 Å². The van der Waals surface area contributed by atoms with Gasteiger partial charge in [0.25, 0.3) is 0 Å². The van der Waals surface area contributed by atoms with E-state index in [1.165, 1.54) is 9.75 Å². The Morgan fingerprint density at radius 3 is 2.50 bits per heavy atom. The van der Waals surface area contributed by atoms with Crippen LogP contribution in [0, 0.1) is 0 Å². The molecule has 0 aromatic carbocycles. The molecule has 0 atom stereocenters. The molecule has 1 rings (SSSR count). The van der Waals surface area contributed by atoms with Gasteiger partial charge in [0.2, 0.25) is 0 Å². The van der Waals surface area contributed by atoms with Crippen LogP contribution in [0.5, 0.6) is 0 Å². The molecule has 0 saturated heterocycles. The SMILES string of the molecule is CCC(=O)Cc1ccc(CC)s1. The maximum absolute atomic E-state index is 11.1. The zero-order valence-corrected chi connectivity index (χ0v) is 8.41. The number of carbonyl (C=O) groups is 1. The van der Waals surface area contributed by atoms with Crippen LogP contribution in [0.15, 0.2) is 12.1 Å². The van der Waals surface area contributed by atoms with Crippen LogP contribution >= 0.6 is 11.3 Å². The summed E-state index contributed by atoms with van der Waals surface area (Å²) in [6, 6.07) is 4.18. The monoisotopic (exact) mass is 182 g/mol. The second-order valence-electron chi connectivity index (χ2n) is 2.79. The van der Waals surface area contributed by atoms with E-state index in [1.54, 1.807) is 11.3 Å². The van der Waals surface area contributed by atoms with Crippen molar-refractivity contribution in [3.8, 4) is 0 Å². The highest BCUT2D eigenvalue weighted by molar-refractivity contribution is 7.12. The molecule has 1 aromatic heterocycles. The van der Waals surface area contributed by atoms with E-state index in [2.05, 4.69) is 19.1 Å². The van der Waals surface area contributed by atoms with Crippen molar-refractivity contribution >= 4 is 17.1 Å². The Hall–Kier alpha value is -0.630. The van der Waals surface area contributed by atoms with Crippen molar-refractivity contribution < 1.29 is 4.79 Å². The lowest BCUT2D eigenvalue weighted by Crippen LogP contribution is -1.97. The summed E-state index contributed by atoms with van der Waals surface area (Å²) in [5, 5.41) is 0. The molecule has 0 unspecified atom stereocenters. The predicted molar refractivity (Wildman–Crippen MR) is 52.7 cm³/mol. The van der Waals surface area contributed by atoms with Crippen molar-refractivity contribution in [1.82, 2.24) is 0 Å². The average Bonchev–Trinajstić information content (AvgIpc) is 2.52. The Kier molecular flexibility index (Phi) is 3.48. The molecule has 0 fully saturated rings. The van der Waals surface area contributed by atoms with E-state index in [0.29, 0.717) is 18.6 Å². The van der Waals surface area contributed by atoms with Gasteiger partial charge in [0.1, 0.15) is 5.78 Å². The average molecular weight is 182 g/mol. The molecule has 0 bridgehead atoms. The van der Waals surface area contributed by atoms with Crippen LogP contribution in [0.2, 0.25) is 0 Å². The lowest BCUT2D eigenvalue weighted by molar-refractivity contribution is -0.118. The second-order valence-corrected chi connectivity index (χ2v) is 4.04. The van der Waals surface area contributed by atoms with Gasteiger partial charge in [0, 0.05) is 22.6 Å². The van der Waals surface area contributed by atoms with Gasteiger partial charge in [-0.15, -0.1) is 11.3 Å². The van der Waals surface area contributed by atoms with E-state index in [0.717, 1.165) is 6.42 Å². The smallest absolute Gasteiger partial charge is 0.137 e. The third kappa shape index (κ3) is 2.45.